The van der Waals surface area contributed by atoms with Crippen LogP contribution in [0.4, 0.5) is 0 Å². The number of aliphatic hydroxyl groups excluding tert-OH is 1. The van der Waals surface area contributed by atoms with E-state index < -0.39 is 10.0 Å². The Balaban J connectivity index is 0.00000385. The minimum absolute atomic E-state index is 0. The average molecular weight is 513 g/mol. The monoisotopic (exact) mass is 512 g/mol. The second-order valence-corrected chi connectivity index (χ2v) is 10.9. The number of aliphatic hydroxyl groups is 1. The molecule has 1 saturated carbocycles. The van der Waals surface area contributed by atoms with E-state index in [9.17, 15) is 13.2 Å². The first-order valence-electron chi connectivity index (χ1n) is 11.0. The maximum Gasteiger partial charge on any atom is 0.251 e. The van der Waals surface area contributed by atoms with Crippen LogP contribution < -0.4 is 5.32 Å². The number of nitrogens with zero attached hydrogens (tertiary/aromatic N) is 1. The van der Waals surface area contributed by atoms with Crippen LogP contribution in [0.1, 0.15) is 55.5 Å². The molecule has 1 aliphatic carbocycles. The van der Waals surface area contributed by atoms with Crippen molar-refractivity contribution in [1.82, 2.24) is 9.62 Å². The molecule has 1 amide bonds. The van der Waals surface area contributed by atoms with E-state index in [1.54, 1.807) is 59.8 Å². The zero-order chi connectivity index (χ0) is 23.3. The summed E-state index contributed by atoms with van der Waals surface area (Å²) < 4.78 is 28.8. The van der Waals surface area contributed by atoms with Crippen molar-refractivity contribution in [2.75, 3.05) is 6.61 Å². The van der Waals surface area contributed by atoms with Crippen molar-refractivity contribution in [3.63, 3.8) is 0 Å². The molecule has 0 spiro atoms. The summed E-state index contributed by atoms with van der Waals surface area (Å²) in [5.74, 6) is -0.0134. The lowest BCUT2D eigenvalue weighted by Gasteiger charge is -2.37. The van der Waals surface area contributed by atoms with E-state index in [2.05, 4.69) is 12.2 Å². The third-order valence-corrected chi connectivity index (χ3v) is 8.20. The summed E-state index contributed by atoms with van der Waals surface area (Å²) in [6, 6.07) is 12.8. The highest BCUT2D eigenvalue weighted by atomic mass is 35.5. The van der Waals surface area contributed by atoms with Crippen LogP contribution in [0.15, 0.2) is 53.4 Å². The van der Waals surface area contributed by atoms with Crippen LogP contribution in [0.3, 0.4) is 0 Å². The molecule has 1 aliphatic rings. The molecular weight excluding hydrogens is 480 g/mol. The van der Waals surface area contributed by atoms with Gasteiger partial charge in [-0.2, -0.15) is 17.8 Å². The van der Waals surface area contributed by atoms with Gasteiger partial charge in [0.15, 0.2) is 0 Å². The number of nitrogens with one attached hydrogen (secondary N) is 1. The van der Waals surface area contributed by atoms with Crippen molar-refractivity contribution in [2.45, 2.75) is 63.1 Å². The van der Waals surface area contributed by atoms with Crippen LogP contribution in [-0.2, 0) is 16.6 Å². The van der Waals surface area contributed by atoms with E-state index in [1.807, 2.05) is 0 Å². The molecule has 3 atom stereocenters. The molecule has 6 nitrogen and oxygen atoms in total. The minimum Gasteiger partial charge on any atom is -0.394 e. The molecule has 33 heavy (non-hydrogen) atoms. The van der Waals surface area contributed by atoms with Crippen molar-refractivity contribution in [1.29, 1.82) is 0 Å². The molecule has 0 bridgehead atoms. The second kappa shape index (κ2) is 12.2. The molecule has 0 radical (unpaired) electrons. The number of halogens is 1. The zero-order valence-electron chi connectivity index (χ0n) is 19.0. The fraction of sp³-hybridized carbons (Fsp3) is 0.458. The van der Waals surface area contributed by atoms with E-state index in [1.165, 1.54) is 0 Å². The van der Waals surface area contributed by atoms with Gasteiger partial charge < -0.3 is 10.4 Å². The topological polar surface area (TPSA) is 86.7 Å². The lowest BCUT2D eigenvalue weighted by Crippen LogP contribution is -2.44. The molecule has 9 heteroatoms. The highest BCUT2D eigenvalue weighted by Crippen LogP contribution is 2.33. The highest BCUT2D eigenvalue weighted by molar-refractivity contribution is 7.89. The van der Waals surface area contributed by atoms with Gasteiger partial charge in [-0.3, -0.25) is 4.79 Å². The molecule has 0 aliphatic heterocycles. The Labute approximate surface area is 208 Å². The van der Waals surface area contributed by atoms with Gasteiger partial charge in [0.25, 0.3) is 5.91 Å². The predicted molar refractivity (Wildman–Crippen MR) is 136 cm³/mol. The van der Waals surface area contributed by atoms with Crippen LogP contribution in [0, 0.1) is 5.92 Å². The average Bonchev–Trinajstić information content (AvgIpc) is 2.78. The first kappa shape index (κ1) is 27.7. The van der Waals surface area contributed by atoms with E-state index in [-0.39, 0.29) is 55.5 Å². The standard InChI is InChI=1S/C24H31ClN2O4S.H2S/c1-17-5-3-4-6-23(17)27(32(30,31)22-13-11-21(25)12-14-22)15-19-7-9-20(10-8-19)24(29)26-18(2)16-28;/h7-14,17-18,23,28H,3-6,15-16H2,1-2H3,(H,26,29);1H2/t17?,18-,23?;/m0./s1. The molecule has 182 valence electrons. The number of hydrogen-bond donors (Lipinski definition) is 2. The third-order valence-electron chi connectivity index (χ3n) is 6.06. The maximum absolute atomic E-state index is 13.6. The van der Waals surface area contributed by atoms with Crippen molar-refractivity contribution in [2.24, 2.45) is 5.92 Å². The summed E-state index contributed by atoms with van der Waals surface area (Å²) in [5.41, 5.74) is 1.28. The van der Waals surface area contributed by atoms with Crippen LogP contribution in [0.5, 0.6) is 0 Å². The van der Waals surface area contributed by atoms with Crippen molar-refractivity contribution < 1.29 is 18.3 Å². The number of carbonyl (C=O) groups is 1. The molecule has 3 rings (SSSR count). The van der Waals surface area contributed by atoms with Crippen LogP contribution in [0.25, 0.3) is 0 Å². The smallest absolute Gasteiger partial charge is 0.251 e. The van der Waals surface area contributed by atoms with Gasteiger partial charge in [-0.05, 0) is 67.6 Å². The number of carbonyl (C=O) groups excluding carboxylic acids is 1. The minimum atomic E-state index is -3.73. The second-order valence-electron chi connectivity index (χ2n) is 8.59. The summed E-state index contributed by atoms with van der Waals surface area (Å²) in [5, 5.41) is 12.3. The molecule has 2 aromatic rings. The van der Waals surface area contributed by atoms with Crippen LogP contribution in [0.2, 0.25) is 5.02 Å². The van der Waals surface area contributed by atoms with Gasteiger partial charge in [-0.15, -0.1) is 0 Å². The van der Waals surface area contributed by atoms with Crippen molar-refractivity contribution >= 4 is 41.0 Å². The van der Waals surface area contributed by atoms with Gasteiger partial charge in [-0.1, -0.05) is 43.5 Å². The fourth-order valence-corrected chi connectivity index (χ4v) is 6.01. The summed E-state index contributed by atoms with van der Waals surface area (Å²) in [6.45, 7) is 3.93. The first-order chi connectivity index (χ1) is 15.2. The Kier molecular flexibility index (Phi) is 10.2. The third kappa shape index (κ3) is 6.96. The number of rotatable bonds is 8. The molecule has 2 aromatic carbocycles. The lowest BCUT2D eigenvalue weighted by atomic mass is 9.86. The largest absolute Gasteiger partial charge is 0.394 e. The number of benzene rings is 2. The van der Waals surface area contributed by atoms with Crippen LogP contribution in [-0.4, -0.2) is 42.4 Å². The Bertz CT molecular complexity index is 1010. The Morgan fingerprint density at radius 3 is 2.30 bits per heavy atom. The molecular formula is C24H33ClN2O4S2. The summed E-state index contributed by atoms with van der Waals surface area (Å²) in [6.07, 6.45) is 3.94. The van der Waals surface area contributed by atoms with Crippen molar-refractivity contribution in [3.8, 4) is 0 Å². The Morgan fingerprint density at radius 2 is 1.73 bits per heavy atom. The predicted octanol–water partition coefficient (Wildman–Crippen LogP) is 4.33. The number of hydrogen-bond acceptors (Lipinski definition) is 4. The lowest BCUT2D eigenvalue weighted by molar-refractivity contribution is 0.0922. The molecule has 0 saturated heterocycles. The normalized spacial score (nSPS) is 19.5. The van der Waals surface area contributed by atoms with E-state index in [4.69, 9.17) is 16.7 Å². The Hall–Kier alpha value is -1.58. The van der Waals surface area contributed by atoms with Gasteiger partial charge in [0.1, 0.15) is 0 Å². The van der Waals surface area contributed by atoms with Gasteiger partial charge >= 0.3 is 0 Å². The first-order valence-corrected chi connectivity index (χ1v) is 12.8. The summed E-state index contributed by atoms with van der Waals surface area (Å²) in [7, 11) is -3.73. The Morgan fingerprint density at radius 1 is 1.12 bits per heavy atom. The SMILES string of the molecule is CC1CCCCC1N(Cc1ccc(C(=O)N[C@@H](C)CO)cc1)S(=O)(=O)c1ccc(Cl)cc1.S. The van der Waals surface area contributed by atoms with E-state index in [0.717, 1.165) is 31.2 Å². The van der Waals surface area contributed by atoms with Crippen LogP contribution >= 0.6 is 25.1 Å². The maximum atomic E-state index is 13.6. The summed E-state index contributed by atoms with van der Waals surface area (Å²) >= 11 is 5.97. The summed E-state index contributed by atoms with van der Waals surface area (Å²) in [4.78, 5) is 12.5. The van der Waals surface area contributed by atoms with Gasteiger partial charge in [0, 0.05) is 29.2 Å². The van der Waals surface area contributed by atoms with E-state index in [0.29, 0.717) is 10.6 Å². The zero-order valence-corrected chi connectivity index (χ0v) is 21.6. The van der Waals surface area contributed by atoms with Gasteiger partial charge in [0.2, 0.25) is 10.0 Å². The number of amides is 1. The molecule has 2 unspecified atom stereocenters. The fourth-order valence-electron chi connectivity index (χ4n) is 4.14. The van der Waals surface area contributed by atoms with Crippen molar-refractivity contribution in [3.05, 3.63) is 64.7 Å². The van der Waals surface area contributed by atoms with E-state index >= 15 is 0 Å². The molecule has 0 heterocycles. The number of sulfonamides is 1. The highest BCUT2D eigenvalue weighted by Gasteiger charge is 2.36. The molecule has 2 N–H and O–H groups in total. The van der Waals surface area contributed by atoms with Gasteiger partial charge in [-0.25, -0.2) is 8.42 Å². The quantitative estimate of drug-likeness (QED) is 0.551. The molecule has 1 fully saturated rings. The molecule has 0 aromatic heterocycles. The van der Waals surface area contributed by atoms with Gasteiger partial charge in [0.05, 0.1) is 11.5 Å².